The number of carbonyl (C=O) groups is 2. The summed E-state index contributed by atoms with van der Waals surface area (Å²) in [5.41, 5.74) is -0.434. The van der Waals surface area contributed by atoms with Crippen molar-refractivity contribution in [2.45, 2.75) is 40.0 Å². The van der Waals surface area contributed by atoms with Crippen LogP contribution in [-0.4, -0.2) is 23.7 Å². The second-order valence-corrected chi connectivity index (χ2v) is 5.69. The van der Waals surface area contributed by atoms with Crippen LogP contribution in [-0.2, 0) is 20.7 Å². The minimum Gasteiger partial charge on any atom is -0.480 e. The zero-order chi connectivity index (χ0) is 15.9. The Morgan fingerprint density at radius 2 is 1.86 bits per heavy atom. The largest absolute Gasteiger partial charge is 0.480 e. The summed E-state index contributed by atoms with van der Waals surface area (Å²) in [6.07, 6.45) is 1.08. The topological polar surface area (TPSA) is 63.6 Å². The molecule has 0 spiro atoms. The normalized spacial score (nSPS) is 13.7. The minimum absolute atomic E-state index is 0.0984. The van der Waals surface area contributed by atoms with Gasteiger partial charge in [-0.3, -0.25) is 9.59 Å². The Kier molecular flexibility index (Phi) is 6.40. The summed E-state index contributed by atoms with van der Waals surface area (Å²) in [7, 11) is 0. The summed E-state index contributed by atoms with van der Waals surface area (Å²) in [4.78, 5) is 24.1. The third kappa shape index (κ3) is 4.59. The van der Waals surface area contributed by atoms with Gasteiger partial charge in [-0.2, -0.15) is 0 Å². The Labute approximate surface area is 126 Å². The van der Waals surface area contributed by atoms with Gasteiger partial charge in [0.2, 0.25) is 0 Å². The fourth-order valence-electron chi connectivity index (χ4n) is 2.54. The molecule has 0 aromatic heterocycles. The third-order valence-electron chi connectivity index (χ3n) is 3.52. The Bertz CT molecular complexity index is 467. The lowest BCUT2D eigenvalue weighted by Crippen LogP contribution is -2.42. The Morgan fingerprint density at radius 1 is 1.24 bits per heavy atom. The highest BCUT2D eigenvalue weighted by Crippen LogP contribution is 2.34. The first-order valence-electron chi connectivity index (χ1n) is 7.37. The van der Waals surface area contributed by atoms with E-state index < -0.39 is 17.4 Å². The molecule has 0 amide bonds. The molecule has 1 atom stereocenters. The van der Waals surface area contributed by atoms with Crippen LogP contribution in [0.25, 0.3) is 0 Å². The molecule has 4 nitrogen and oxygen atoms in total. The van der Waals surface area contributed by atoms with Gasteiger partial charge in [-0.1, -0.05) is 44.2 Å². The SMILES string of the molecule is CCOC(=O)C(CCc1ccccc1)(CC(C)C)C(=O)O. The number of hydrogen-bond acceptors (Lipinski definition) is 3. The van der Waals surface area contributed by atoms with Crippen molar-refractivity contribution in [3.63, 3.8) is 0 Å². The number of rotatable bonds is 8. The van der Waals surface area contributed by atoms with E-state index in [0.29, 0.717) is 6.42 Å². The summed E-state index contributed by atoms with van der Waals surface area (Å²) in [5.74, 6) is -1.62. The van der Waals surface area contributed by atoms with Crippen LogP contribution < -0.4 is 0 Å². The van der Waals surface area contributed by atoms with Gasteiger partial charge in [0.1, 0.15) is 0 Å². The molecule has 4 heteroatoms. The van der Waals surface area contributed by atoms with E-state index in [4.69, 9.17) is 4.74 Å². The van der Waals surface area contributed by atoms with Gasteiger partial charge < -0.3 is 9.84 Å². The van der Waals surface area contributed by atoms with Crippen molar-refractivity contribution >= 4 is 11.9 Å². The molecule has 0 aliphatic carbocycles. The highest BCUT2D eigenvalue weighted by Gasteiger charge is 2.47. The molecule has 0 saturated carbocycles. The second-order valence-electron chi connectivity index (χ2n) is 5.69. The summed E-state index contributed by atoms with van der Waals surface area (Å²) in [6, 6.07) is 9.60. The lowest BCUT2D eigenvalue weighted by atomic mass is 9.75. The average molecular weight is 292 g/mol. The number of aliphatic carboxylic acids is 1. The molecular formula is C17H24O4. The first-order chi connectivity index (χ1) is 9.92. The predicted octanol–water partition coefficient (Wildman–Crippen LogP) is 3.30. The Hall–Kier alpha value is -1.84. The van der Waals surface area contributed by atoms with Crippen molar-refractivity contribution in [2.24, 2.45) is 11.3 Å². The zero-order valence-electron chi connectivity index (χ0n) is 13.0. The lowest BCUT2D eigenvalue weighted by molar-refractivity contribution is -0.170. The molecule has 1 aromatic carbocycles. The van der Waals surface area contributed by atoms with E-state index in [9.17, 15) is 14.7 Å². The van der Waals surface area contributed by atoms with E-state index in [0.717, 1.165) is 5.56 Å². The standard InChI is InChI=1S/C17H24O4/c1-4-21-16(20)17(15(18)19,12-13(2)3)11-10-14-8-6-5-7-9-14/h5-9,13H,4,10-12H2,1-3H3,(H,18,19). The van der Waals surface area contributed by atoms with Crippen molar-refractivity contribution < 1.29 is 19.4 Å². The quantitative estimate of drug-likeness (QED) is 0.590. The number of hydrogen-bond donors (Lipinski definition) is 1. The number of esters is 1. The molecule has 0 heterocycles. The van der Waals surface area contributed by atoms with Crippen LogP contribution in [0.5, 0.6) is 0 Å². The molecule has 116 valence electrons. The maximum absolute atomic E-state index is 12.3. The van der Waals surface area contributed by atoms with E-state index in [1.54, 1.807) is 6.92 Å². The highest BCUT2D eigenvalue weighted by molar-refractivity contribution is 5.99. The molecule has 0 radical (unpaired) electrons. The van der Waals surface area contributed by atoms with E-state index in [2.05, 4.69) is 0 Å². The summed E-state index contributed by atoms with van der Waals surface area (Å²) in [5, 5.41) is 9.65. The number of carboxylic acid groups (broad SMARTS) is 1. The van der Waals surface area contributed by atoms with Crippen LogP contribution in [0.3, 0.4) is 0 Å². The van der Waals surface area contributed by atoms with Gasteiger partial charge in [0, 0.05) is 0 Å². The summed E-state index contributed by atoms with van der Waals surface area (Å²) < 4.78 is 5.04. The van der Waals surface area contributed by atoms with Gasteiger partial charge in [-0.15, -0.1) is 0 Å². The maximum Gasteiger partial charge on any atom is 0.323 e. The van der Waals surface area contributed by atoms with E-state index in [1.807, 2.05) is 44.2 Å². The van der Waals surface area contributed by atoms with Gasteiger partial charge in [0.05, 0.1) is 6.61 Å². The third-order valence-corrected chi connectivity index (χ3v) is 3.52. The lowest BCUT2D eigenvalue weighted by Gasteiger charge is -2.28. The molecule has 0 bridgehead atoms. The molecule has 1 aromatic rings. The van der Waals surface area contributed by atoms with Gasteiger partial charge >= 0.3 is 11.9 Å². The maximum atomic E-state index is 12.3. The molecule has 0 fully saturated rings. The fraction of sp³-hybridized carbons (Fsp3) is 0.529. The van der Waals surface area contributed by atoms with Crippen LogP contribution in [0.1, 0.15) is 39.2 Å². The van der Waals surface area contributed by atoms with Crippen molar-refractivity contribution in [2.75, 3.05) is 6.61 Å². The van der Waals surface area contributed by atoms with Gasteiger partial charge in [0.15, 0.2) is 5.41 Å². The molecule has 0 aliphatic heterocycles. The highest BCUT2D eigenvalue weighted by atomic mass is 16.5. The van der Waals surface area contributed by atoms with Crippen molar-refractivity contribution in [3.05, 3.63) is 35.9 Å². The van der Waals surface area contributed by atoms with E-state index >= 15 is 0 Å². The number of benzene rings is 1. The van der Waals surface area contributed by atoms with Crippen LogP contribution in [0, 0.1) is 11.3 Å². The first kappa shape index (κ1) is 17.2. The van der Waals surface area contributed by atoms with Crippen LogP contribution >= 0.6 is 0 Å². The summed E-state index contributed by atoms with van der Waals surface area (Å²) in [6.45, 7) is 5.72. The number of carboxylic acids is 1. The predicted molar refractivity (Wildman–Crippen MR) is 80.9 cm³/mol. The zero-order valence-corrected chi connectivity index (χ0v) is 13.0. The minimum atomic E-state index is -1.46. The molecule has 0 aliphatic rings. The molecule has 21 heavy (non-hydrogen) atoms. The van der Waals surface area contributed by atoms with Crippen molar-refractivity contribution in [1.82, 2.24) is 0 Å². The molecule has 0 saturated heterocycles. The molecule has 1 N–H and O–H groups in total. The molecular weight excluding hydrogens is 268 g/mol. The number of ether oxygens (including phenoxy) is 1. The Morgan fingerprint density at radius 3 is 2.33 bits per heavy atom. The molecule has 1 rings (SSSR count). The Balaban J connectivity index is 2.98. The number of carbonyl (C=O) groups excluding carboxylic acids is 1. The monoisotopic (exact) mass is 292 g/mol. The summed E-state index contributed by atoms with van der Waals surface area (Å²) >= 11 is 0. The van der Waals surface area contributed by atoms with Crippen LogP contribution in [0.2, 0.25) is 0 Å². The van der Waals surface area contributed by atoms with Crippen molar-refractivity contribution in [1.29, 1.82) is 0 Å². The van der Waals surface area contributed by atoms with Gasteiger partial charge in [-0.25, -0.2) is 0 Å². The van der Waals surface area contributed by atoms with Gasteiger partial charge in [0.25, 0.3) is 0 Å². The average Bonchev–Trinajstić information content (AvgIpc) is 2.44. The van der Waals surface area contributed by atoms with Crippen LogP contribution in [0.4, 0.5) is 0 Å². The number of aryl methyl sites for hydroxylation is 1. The van der Waals surface area contributed by atoms with E-state index in [-0.39, 0.29) is 25.4 Å². The van der Waals surface area contributed by atoms with Crippen molar-refractivity contribution in [3.8, 4) is 0 Å². The van der Waals surface area contributed by atoms with Crippen LogP contribution in [0.15, 0.2) is 30.3 Å². The van der Waals surface area contributed by atoms with E-state index in [1.165, 1.54) is 0 Å². The first-order valence-corrected chi connectivity index (χ1v) is 7.37. The fourth-order valence-corrected chi connectivity index (χ4v) is 2.54. The second kappa shape index (κ2) is 7.81. The van der Waals surface area contributed by atoms with Gasteiger partial charge in [-0.05, 0) is 37.7 Å². The smallest absolute Gasteiger partial charge is 0.323 e. The molecule has 1 unspecified atom stereocenters.